The van der Waals surface area contributed by atoms with Crippen molar-refractivity contribution in [1.29, 1.82) is 0 Å². The summed E-state index contributed by atoms with van der Waals surface area (Å²) in [5.41, 5.74) is 0. The van der Waals surface area contributed by atoms with Crippen LogP contribution >= 0.6 is 0 Å². The van der Waals surface area contributed by atoms with E-state index < -0.39 is 43.5 Å². The summed E-state index contributed by atoms with van der Waals surface area (Å²) in [5, 5.41) is 29.3. The number of carbonyl (C=O) groups is 2. The Morgan fingerprint density at radius 1 is 0.408 bits per heavy atom. The molecule has 0 bridgehead atoms. The van der Waals surface area contributed by atoms with Gasteiger partial charge in [-0.05, 0) is 12.8 Å². The largest absolute Gasteiger partial charge is 0.458 e. The van der Waals surface area contributed by atoms with Crippen molar-refractivity contribution in [2.24, 2.45) is 0 Å². The zero-order valence-electron chi connectivity index (χ0n) is 32.5. The van der Waals surface area contributed by atoms with Crippen molar-refractivity contribution in [2.45, 2.75) is 244 Å². The number of unbranched alkanes of at least 4 members (excludes halogenated alkanes) is 28. The molecule has 0 spiro atoms. The number of carbonyl (C=O) groups excluding carboxylic acids is 2. The molecule has 0 aliphatic rings. The number of ether oxygens (including phenoxy) is 2. The van der Waals surface area contributed by atoms with Crippen LogP contribution in [0.5, 0.6) is 0 Å². The Bertz CT molecular complexity index is 701. The summed E-state index contributed by atoms with van der Waals surface area (Å²) < 4.78 is 11.1. The molecule has 7 nitrogen and oxygen atoms in total. The van der Waals surface area contributed by atoms with Crippen molar-refractivity contribution in [3.63, 3.8) is 0 Å². The summed E-state index contributed by atoms with van der Waals surface area (Å²) >= 11 is 0. The first-order chi connectivity index (χ1) is 24.0. The third-order valence-electron chi connectivity index (χ3n) is 9.84. The van der Waals surface area contributed by atoms with E-state index >= 15 is 0 Å². The Kier molecular flexibility index (Phi) is 37.1. The minimum Gasteiger partial charge on any atom is -0.458 e. The van der Waals surface area contributed by atoms with Gasteiger partial charge in [-0.15, -0.1) is 0 Å². The molecule has 0 radical (unpaired) electrons. The summed E-state index contributed by atoms with van der Waals surface area (Å²) in [4.78, 5) is 25.1. The van der Waals surface area contributed by atoms with Gasteiger partial charge in [-0.25, -0.2) is 0 Å². The molecule has 0 fully saturated rings. The fourth-order valence-electron chi connectivity index (χ4n) is 6.59. The van der Waals surface area contributed by atoms with Crippen molar-refractivity contribution in [2.75, 3.05) is 13.2 Å². The van der Waals surface area contributed by atoms with Crippen LogP contribution in [0, 0.1) is 0 Å². The normalized spacial score (nSPS) is 13.3. The summed E-state index contributed by atoms with van der Waals surface area (Å²) in [7, 11) is 0. The molecule has 292 valence electrons. The third kappa shape index (κ3) is 33.7. The number of rotatable bonds is 39. The molecule has 3 unspecified atom stereocenters. The maximum absolute atomic E-state index is 12.6. The van der Waals surface area contributed by atoms with Gasteiger partial charge in [0.1, 0.15) is 6.10 Å². The predicted molar refractivity (Wildman–Crippen MR) is 204 cm³/mol. The highest BCUT2D eigenvalue weighted by atomic mass is 16.6. The minimum absolute atomic E-state index is 0.0986. The first-order valence-electron chi connectivity index (χ1n) is 21.3. The average molecular weight is 699 g/mol. The molecule has 0 aliphatic heterocycles. The van der Waals surface area contributed by atoms with Gasteiger partial charge in [0.25, 0.3) is 0 Å². The maximum atomic E-state index is 12.6. The van der Waals surface area contributed by atoms with E-state index in [-0.39, 0.29) is 19.3 Å². The van der Waals surface area contributed by atoms with Gasteiger partial charge in [0.2, 0.25) is 0 Å². The van der Waals surface area contributed by atoms with E-state index in [1.165, 1.54) is 154 Å². The van der Waals surface area contributed by atoms with Crippen molar-refractivity contribution < 1.29 is 34.4 Å². The van der Waals surface area contributed by atoms with Gasteiger partial charge in [-0.1, -0.05) is 194 Å². The van der Waals surface area contributed by atoms with Crippen molar-refractivity contribution >= 4 is 11.9 Å². The highest BCUT2D eigenvalue weighted by Gasteiger charge is 2.30. The molecule has 0 aliphatic carbocycles. The molecule has 0 aromatic heterocycles. The van der Waals surface area contributed by atoms with Gasteiger partial charge in [-0.3, -0.25) is 9.59 Å². The number of aliphatic hydroxyl groups is 3. The van der Waals surface area contributed by atoms with Crippen LogP contribution in [-0.2, 0) is 19.1 Å². The molecule has 49 heavy (non-hydrogen) atoms. The SMILES string of the molecule is CCCCCCCCCCCCCCCCCC(=O)OC(CO)C(CC(O)CO)OC(=O)CCCCCCCCCCCCCCCCC. The molecule has 0 amide bonds. The molecule has 0 aromatic carbocycles. The lowest BCUT2D eigenvalue weighted by molar-refractivity contribution is -0.174. The van der Waals surface area contributed by atoms with Crippen LogP contribution < -0.4 is 0 Å². The van der Waals surface area contributed by atoms with E-state index in [4.69, 9.17) is 9.47 Å². The van der Waals surface area contributed by atoms with Gasteiger partial charge >= 0.3 is 11.9 Å². The molecule has 0 rings (SSSR count). The maximum Gasteiger partial charge on any atom is 0.306 e. The summed E-state index contributed by atoms with van der Waals surface area (Å²) in [5.74, 6) is -0.863. The second-order valence-electron chi connectivity index (χ2n) is 14.7. The third-order valence-corrected chi connectivity index (χ3v) is 9.84. The van der Waals surface area contributed by atoms with E-state index in [0.717, 1.165) is 38.5 Å². The molecule has 3 N–H and O–H groups in total. The Morgan fingerprint density at radius 3 is 0.939 bits per heavy atom. The summed E-state index contributed by atoms with van der Waals surface area (Å²) in [6.45, 7) is 3.50. The van der Waals surface area contributed by atoms with Crippen LogP contribution in [0.15, 0.2) is 0 Å². The van der Waals surface area contributed by atoms with E-state index in [0.29, 0.717) is 0 Å². The molecular weight excluding hydrogens is 616 g/mol. The molecular formula is C42H82O7. The zero-order valence-corrected chi connectivity index (χ0v) is 32.5. The number of esters is 2. The van der Waals surface area contributed by atoms with Gasteiger partial charge in [0, 0.05) is 19.3 Å². The second-order valence-corrected chi connectivity index (χ2v) is 14.7. The lowest BCUT2D eigenvalue weighted by atomic mass is 10.0. The Hall–Kier alpha value is -1.18. The number of hydrogen-bond donors (Lipinski definition) is 3. The molecule has 0 saturated carbocycles. The first kappa shape index (κ1) is 47.8. The molecule has 0 heterocycles. The van der Waals surface area contributed by atoms with E-state index in [2.05, 4.69) is 13.8 Å². The van der Waals surface area contributed by atoms with Crippen LogP contribution in [0.1, 0.15) is 226 Å². The smallest absolute Gasteiger partial charge is 0.306 e. The van der Waals surface area contributed by atoms with Crippen molar-refractivity contribution in [3.8, 4) is 0 Å². The lowest BCUT2D eigenvalue weighted by Crippen LogP contribution is -2.40. The van der Waals surface area contributed by atoms with E-state index in [9.17, 15) is 24.9 Å². The molecule has 7 heteroatoms. The Labute approximate surface area is 303 Å². The zero-order chi connectivity index (χ0) is 36.0. The van der Waals surface area contributed by atoms with Crippen LogP contribution in [0.4, 0.5) is 0 Å². The fourth-order valence-corrected chi connectivity index (χ4v) is 6.59. The van der Waals surface area contributed by atoms with Crippen LogP contribution in [0.25, 0.3) is 0 Å². The molecule has 0 saturated heterocycles. The second kappa shape index (κ2) is 38.1. The highest BCUT2D eigenvalue weighted by molar-refractivity contribution is 5.70. The number of hydrogen-bond acceptors (Lipinski definition) is 7. The van der Waals surface area contributed by atoms with E-state index in [1.807, 2.05) is 0 Å². The van der Waals surface area contributed by atoms with Crippen LogP contribution in [-0.4, -0.2) is 58.8 Å². The minimum atomic E-state index is -1.13. The topological polar surface area (TPSA) is 113 Å². The standard InChI is InChI=1S/C42H82O7/c1-3-5-7-9-11-13-15-17-19-21-23-25-27-29-31-33-41(46)48-39(35-38(45)36-43)40(37-44)49-42(47)34-32-30-28-26-24-22-20-18-16-14-12-10-8-6-4-2/h38-40,43-45H,3-37H2,1-2H3. The van der Waals surface area contributed by atoms with Crippen LogP contribution in [0.2, 0.25) is 0 Å². The van der Waals surface area contributed by atoms with E-state index in [1.54, 1.807) is 0 Å². The average Bonchev–Trinajstić information content (AvgIpc) is 3.10. The van der Waals surface area contributed by atoms with Gasteiger partial charge in [-0.2, -0.15) is 0 Å². The first-order valence-corrected chi connectivity index (χ1v) is 21.3. The van der Waals surface area contributed by atoms with Crippen molar-refractivity contribution in [1.82, 2.24) is 0 Å². The van der Waals surface area contributed by atoms with Crippen molar-refractivity contribution in [3.05, 3.63) is 0 Å². The quantitative estimate of drug-likeness (QED) is 0.0432. The molecule has 0 aromatic rings. The van der Waals surface area contributed by atoms with Gasteiger partial charge < -0.3 is 24.8 Å². The predicted octanol–water partition coefficient (Wildman–Crippen LogP) is 11.1. The van der Waals surface area contributed by atoms with Gasteiger partial charge in [0.15, 0.2) is 6.10 Å². The highest BCUT2D eigenvalue weighted by Crippen LogP contribution is 2.18. The summed E-state index contributed by atoms with van der Waals surface area (Å²) in [6, 6.07) is 0. The Morgan fingerprint density at radius 2 is 0.673 bits per heavy atom. The lowest BCUT2D eigenvalue weighted by Gasteiger charge is -2.27. The number of aliphatic hydroxyl groups excluding tert-OH is 3. The fraction of sp³-hybridized carbons (Fsp3) is 0.952. The molecule has 3 atom stereocenters. The van der Waals surface area contributed by atoms with Crippen LogP contribution in [0.3, 0.4) is 0 Å². The summed E-state index contributed by atoms with van der Waals surface area (Å²) in [6.07, 6.45) is 34.6. The Balaban J connectivity index is 4.05. The monoisotopic (exact) mass is 699 g/mol. The van der Waals surface area contributed by atoms with Gasteiger partial charge in [0.05, 0.1) is 19.3 Å².